The van der Waals surface area contributed by atoms with Gasteiger partial charge in [0.2, 0.25) is 5.91 Å². The topological polar surface area (TPSA) is 46.2 Å². The number of alkyl halides is 3. The first-order valence-electron chi connectivity index (χ1n) is 8.15. The molecule has 1 unspecified atom stereocenters. The fourth-order valence-electron chi connectivity index (χ4n) is 4.12. The SMILES string of the molecule is Cc1cccc(C)c1C1C(=O)NC2(CCC(C(F)(F)F)CC2)C1=O. The third kappa shape index (κ3) is 2.62. The minimum absolute atomic E-state index is 0.0587. The highest BCUT2D eigenvalue weighted by molar-refractivity contribution is 6.17. The summed E-state index contributed by atoms with van der Waals surface area (Å²) < 4.78 is 38.6. The van der Waals surface area contributed by atoms with Gasteiger partial charge in [0.1, 0.15) is 5.92 Å². The molecule has 1 aliphatic carbocycles. The Kier molecular flexibility index (Phi) is 3.97. The zero-order chi connectivity index (χ0) is 17.7. The van der Waals surface area contributed by atoms with Crippen LogP contribution in [0.3, 0.4) is 0 Å². The number of carbonyl (C=O) groups excluding carboxylic acids is 2. The van der Waals surface area contributed by atoms with Crippen LogP contribution in [0.5, 0.6) is 0 Å². The number of hydrogen-bond acceptors (Lipinski definition) is 2. The van der Waals surface area contributed by atoms with Crippen LogP contribution in [0, 0.1) is 19.8 Å². The van der Waals surface area contributed by atoms with Crippen LogP contribution in [0.1, 0.15) is 48.3 Å². The minimum atomic E-state index is -4.24. The molecule has 24 heavy (non-hydrogen) atoms. The van der Waals surface area contributed by atoms with Gasteiger partial charge in [-0.2, -0.15) is 13.2 Å². The van der Waals surface area contributed by atoms with Gasteiger partial charge in [-0.1, -0.05) is 18.2 Å². The molecule has 0 bridgehead atoms. The van der Waals surface area contributed by atoms with Gasteiger partial charge in [0.05, 0.1) is 11.5 Å². The molecule has 1 amide bonds. The number of nitrogens with one attached hydrogen (secondary N) is 1. The highest BCUT2D eigenvalue weighted by Crippen LogP contribution is 2.46. The maximum Gasteiger partial charge on any atom is 0.391 e. The number of aryl methyl sites for hydroxylation is 2. The van der Waals surface area contributed by atoms with Crippen molar-refractivity contribution in [2.75, 3.05) is 0 Å². The van der Waals surface area contributed by atoms with E-state index in [2.05, 4.69) is 5.32 Å². The fourth-order valence-corrected chi connectivity index (χ4v) is 4.12. The standard InChI is InChI=1S/C18H20F3NO2/c1-10-4-3-5-11(2)13(10)14-15(23)17(22-16(14)24)8-6-12(7-9-17)18(19,20)21/h3-5,12,14H,6-9H2,1-2H3,(H,22,24). The molecule has 1 spiro atoms. The van der Waals surface area contributed by atoms with Crippen LogP contribution in [0.4, 0.5) is 13.2 Å². The van der Waals surface area contributed by atoms with Crippen molar-refractivity contribution in [1.29, 1.82) is 0 Å². The Hall–Kier alpha value is -1.85. The van der Waals surface area contributed by atoms with Gasteiger partial charge in [0.25, 0.3) is 0 Å². The van der Waals surface area contributed by atoms with Crippen LogP contribution >= 0.6 is 0 Å². The Bertz CT molecular complexity index is 668. The molecule has 1 saturated heterocycles. The highest BCUT2D eigenvalue weighted by atomic mass is 19.4. The molecule has 0 radical (unpaired) electrons. The van der Waals surface area contributed by atoms with Gasteiger partial charge in [-0.05, 0) is 56.2 Å². The van der Waals surface area contributed by atoms with E-state index in [1.54, 1.807) is 0 Å². The number of amides is 1. The van der Waals surface area contributed by atoms with E-state index in [-0.39, 0.29) is 37.4 Å². The molecule has 1 heterocycles. The van der Waals surface area contributed by atoms with E-state index in [0.717, 1.165) is 11.1 Å². The van der Waals surface area contributed by atoms with E-state index in [0.29, 0.717) is 5.56 Å². The summed E-state index contributed by atoms with van der Waals surface area (Å²) in [6.45, 7) is 3.68. The fraction of sp³-hybridized carbons (Fsp3) is 0.556. The van der Waals surface area contributed by atoms with Crippen molar-refractivity contribution < 1.29 is 22.8 Å². The number of halogens is 3. The van der Waals surface area contributed by atoms with Crippen LogP contribution in [-0.4, -0.2) is 23.4 Å². The van der Waals surface area contributed by atoms with Gasteiger partial charge < -0.3 is 5.32 Å². The third-order valence-corrected chi connectivity index (χ3v) is 5.49. The Morgan fingerprint density at radius 3 is 2.12 bits per heavy atom. The smallest absolute Gasteiger partial charge is 0.343 e. The average Bonchev–Trinajstić information content (AvgIpc) is 2.71. The van der Waals surface area contributed by atoms with Crippen molar-refractivity contribution >= 4 is 11.7 Å². The summed E-state index contributed by atoms with van der Waals surface area (Å²) in [7, 11) is 0. The normalized spacial score (nSPS) is 30.7. The van der Waals surface area contributed by atoms with Gasteiger partial charge in [-0.3, -0.25) is 9.59 Å². The summed E-state index contributed by atoms with van der Waals surface area (Å²) >= 11 is 0. The number of ketones is 1. The number of hydrogen-bond donors (Lipinski definition) is 1. The molecule has 3 rings (SSSR count). The van der Waals surface area contributed by atoms with E-state index in [4.69, 9.17) is 0 Å². The summed E-state index contributed by atoms with van der Waals surface area (Å²) in [4.78, 5) is 25.5. The third-order valence-electron chi connectivity index (χ3n) is 5.49. The summed E-state index contributed by atoms with van der Waals surface area (Å²) in [6, 6.07) is 5.54. The van der Waals surface area contributed by atoms with Crippen molar-refractivity contribution in [3.8, 4) is 0 Å². The summed E-state index contributed by atoms with van der Waals surface area (Å²) in [5, 5.41) is 2.74. The highest BCUT2D eigenvalue weighted by Gasteiger charge is 2.56. The van der Waals surface area contributed by atoms with Gasteiger partial charge in [-0.15, -0.1) is 0 Å². The number of benzene rings is 1. The molecule has 2 aliphatic rings. The molecule has 0 aromatic heterocycles. The number of Topliss-reactive ketones (excluding diaryl/α,β-unsaturated/α-hetero) is 1. The molecule has 1 saturated carbocycles. The molecule has 1 aliphatic heterocycles. The second kappa shape index (κ2) is 5.60. The quantitative estimate of drug-likeness (QED) is 0.795. The summed E-state index contributed by atoms with van der Waals surface area (Å²) in [5.41, 5.74) is 1.27. The van der Waals surface area contributed by atoms with Crippen LogP contribution < -0.4 is 5.32 Å². The van der Waals surface area contributed by atoms with Crippen molar-refractivity contribution in [2.24, 2.45) is 5.92 Å². The molecular formula is C18H20F3NO2. The predicted octanol–water partition coefficient (Wildman–Crippen LogP) is 3.58. The largest absolute Gasteiger partial charge is 0.391 e. The van der Waals surface area contributed by atoms with Crippen molar-refractivity contribution in [1.82, 2.24) is 5.32 Å². The predicted molar refractivity (Wildman–Crippen MR) is 82.6 cm³/mol. The van der Waals surface area contributed by atoms with Crippen LogP contribution in [-0.2, 0) is 9.59 Å². The second-order valence-electron chi connectivity index (χ2n) is 6.99. The summed E-state index contributed by atoms with van der Waals surface area (Å²) in [5.74, 6) is -2.95. The zero-order valence-corrected chi connectivity index (χ0v) is 13.7. The maximum atomic E-state index is 13.0. The lowest BCUT2D eigenvalue weighted by molar-refractivity contribution is -0.185. The number of carbonyl (C=O) groups is 2. The van der Waals surface area contributed by atoms with Gasteiger partial charge in [0, 0.05) is 0 Å². The number of rotatable bonds is 1. The first kappa shape index (κ1) is 17.0. The molecule has 3 nitrogen and oxygen atoms in total. The second-order valence-corrected chi connectivity index (χ2v) is 6.99. The monoisotopic (exact) mass is 339 g/mol. The molecule has 130 valence electrons. The van der Waals surface area contributed by atoms with Gasteiger partial charge in [0.15, 0.2) is 5.78 Å². The molecule has 1 atom stereocenters. The van der Waals surface area contributed by atoms with Crippen molar-refractivity contribution in [3.05, 3.63) is 34.9 Å². The first-order chi connectivity index (χ1) is 11.2. The van der Waals surface area contributed by atoms with Gasteiger partial charge >= 0.3 is 6.18 Å². The molecule has 1 N–H and O–H groups in total. The van der Waals surface area contributed by atoms with E-state index < -0.39 is 23.6 Å². The molecule has 1 aromatic carbocycles. The molecule has 6 heteroatoms. The Morgan fingerprint density at radius 2 is 1.62 bits per heavy atom. The Balaban J connectivity index is 1.88. The van der Waals surface area contributed by atoms with E-state index >= 15 is 0 Å². The van der Waals surface area contributed by atoms with Crippen molar-refractivity contribution in [2.45, 2.75) is 57.2 Å². The van der Waals surface area contributed by atoms with Crippen LogP contribution in [0.15, 0.2) is 18.2 Å². The summed E-state index contributed by atoms with van der Waals surface area (Å²) in [6.07, 6.45) is -4.35. The maximum absolute atomic E-state index is 13.0. The van der Waals surface area contributed by atoms with Crippen LogP contribution in [0.25, 0.3) is 0 Å². The molecule has 1 aromatic rings. The van der Waals surface area contributed by atoms with E-state index in [9.17, 15) is 22.8 Å². The lowest BCUT2D eigenvalue weighted by atomic mass is 9.72. The van der Waals surface area contributed by atoms with E-state index in [1.807, 2.05) is 32.0 Å². The Morgan fingerprint density at radius 1 is 1.08 bits per heavy atom. The van der Waals surface area contributed by atoms with E-state index in [1.165, 1.54) is 0 Å². The Labute approximate surface area is 138 Å². The molecular weight excluding hydrogens is 319 g/mol. The lowest BCUT2D eigenvalue weighted by Gasteiger charge is -2.36. The van der Waals surface area contributed by atoms with Crippen molar-refractivity contribution in [3.63, 3.8) is 0 Å². The zero-order valence-electron chi connectivity index (χ0n) is 13.7. The molecule has 2 fully saturated rings. The average molecular weight is 339 g/mol. The lowest BCUT2D eigenvalue weighted by Crippen LogP contribution is -2.50. The first-order valence-corrected chi connectivity index (χ1v) is 8.15. The van der Waals surface area contributed by atoms with Gasteiger partial charge in [-0.25, -0.2) is 0 Å². The minimum Gasteiger partial charge on any atom is -0.343 e. The van der Waals surface area contributed by atoms with Crippen LogP contribution in [0.2, 0.25) is 0 Å².